The first-order chi connectivity index (χ1) is 10.4. The molecule has 0 spiro atoms. The smallest absolute Gasteiger partial charge is 0.286 e. The Labute approximate surface area is 137 Å². The number of nitrogens with one attached hydrogen (secondary N) is 3. The van der Waals surface area contributed by atoms with E-state index in [0.29, 0.717) is 4.47 Å². The number of nitrogens with zero attached hydrogens (tertiary/aromatic N) is 1. The van der Waals surface area contributed by atoms with E-state index in [2.05, 4.69) is 31.8 Å². The average molecular weight is 388 g/mol. The number of hydrogen-bond donors (Lipinski definition) is 3. The molecule has 0 aliphatic carbocycles. The molecule has 0 fully saturated rings. The van der Waals surface area contributed by atoms with Gasteiger partial charge in [0.1, 0.15) is 11.3 Å². The van der Waals surface area contributed by atoms with Crippen molar-refractivity contribution in [1.29, 1.82) is 0 Å². The summed E-state index contributed by atoms with van der Waals surface area (Å²) >= 11 is 8.82. The number of carbonyl (C=O) groups is 2. The number of amides is 2. The maximum Gasteiger partial charge on any atom is 0.286 e. The van der Waals surface area contributed by atoms with E-state index in [-0.39, 0.29) is 16.3 Å². The molecule has 10 heteroatoms. The van der Waals surface area contributed by atoms with Crippen LogP contribution in [0.3, 0.4) is 0 Å². The summed E-state index contributed by atoms with van der Waals surface area (Å²) in [7, 11) is 0. The lowest BCUT2D eigenvalue weighted by molar-refractivity contribution is -0.385. The van der Waals surface area contributed by atoms with Crippen molar-refractivity contribution in [3.05, 3.63) is 61.3 Å². The molecule has 3 N–H and O–H groups in total. The monoisotopic (exact) mass is 386 g/mol. The fourth-order valence-corrected chi connectivity index (χ4v) is 2.10. The van der Waals surface area contributed by atoms with Crippen LogP contribution >= 0.6 is 27.5 Å². The SMILES string of the molecule is O=C(NNC(=O)c1ccc(Cl)cc1[N+](=O)[O-])c1cc(Br)c[nH]1. The lowest BCUT2D eigenvalue weighted by atomic mass is 10.2. The third-order valence-corrected chi connectivity index (χ3v) is 3.28. The summed E-state index contributed by atoms with van der Waals surface area (Å²) in [6.45, 7) is 0. The van der Waals surface area contributed by atoms with Gasteiger partial charge in [-0.3, -0.25) is 30.6 Å². The van der Waals surface area contributed by atoms with E-state index in [1.54, 1.807) is 6.20 Å². The zero-order valence-electron chi connectivity index (χ0n) is 10.7. The highest BCUT2D eigenvalue weighted by Crippen LogP contribution is 2.22. The summed E-state index contributed by atoms with van der Waals surface area (Å²) < 4.78 is 0.664. The molecule has 0 radical (unpaired) electrons. The largest absolute Gasteiger partial charge is 0.356 e. The maximum atomic E-state index is 11.9. The van der Waals surface area contributed by atoms with Crippen LogP contribution < -0.4 is 10.9 Å². The molecule has 0 atom stereocenters. The summed E-state index contributed by atoms with van der Waals surface area (Å²) in [6, 6.07) is 5.10. The molecule has 2 amide bonds. The molecule has 0 aliphatic rings. The summed E-state index contributed by atoms with van der Waals surface area (Å²) in [6.07, 6.45) is 1.54. The van der Waals surface area contributed by atoms with E-state index in [0.717, 1.165) is 6.07 Å². The molecule has 0 bridgehead atoms. The first kappa shape index (κ1) is 16.0. The van der Waals surface area contributed by atoms with E-state index in [1.807, 2.05) is 0 Å². The second kappa shape index (κ2) is 6.58. The van der Waals surface area contributed by atoms with Gasteiger partial charge in [0.05, 0.1) is 4.92 Å². The van der Waals surface area contributed by atoms with Crippen molar-refractivity contribution in [3.8, 4) is 0 Å². The number of aromatic nitrogens is 1. The second-order valence-corrected chi connectivity index (χ2v) is 5.41. The van der Waals surface area contributed by atoms with E-state index < -0.39 is 22.4 Å². The number of benzene rings is 1. The highest BCUT2D eigenvalue weighted by molar-refractivity contribution is 9.10. The zero-order valence-corrected chi connectivity index (χ0v) is 13.1. The van der Waals surface area contributed by atoms with Crippen molar-refractivity contribution in [3.63, 3.8) is 0 Å². The molecule has 114 valence electrons. The molecule has 8 nitrogen and oxygen atoms in total. The Hall–Kier alpha value is -2.39. The van der Waals surface area contributed by atoms with Gasteiger partial charge in [-0.15, -0.1) is 0 Å². The third-order valence-electron chi connectivity index (χ3n) is 2.58. The molecule has 1 aromatic carbocycles. The standard InChI is InChI=1S/C12H8BrClN4O4/c13-6-3-9(15-5-6)12(20)17-16-11(19)8-2-1-7(14)4-10(8)18(21)22/h1-5,15H,(H,16,19)(H,17,20). The molecule has 0 saturated heterocycles. The van der Waals surface area contributed by atoms with Gasteiger partial charge in [-0.2, -0.15) is 0 Å². The third kappa shape index (κ3) is 3.62. The van der Waals surface area contributed by atoms with Gasteiger partial charge in [-0.05, 0) is 34.1 Å². The minimum Gasteiger partial charge on any atom is -0.356 e. The zero-order chi connectivity index (χ0) is 16.3. The molecule has 0 saturated carbocycles. The van der Waals surface area contributed by atoms with Crippen molar-refractivity contribution >= 4 is 45.0 Å². The van der Waals surface area contributed by atoms with Gasteiger partial charge in [0.15, 0.2) is 0 Å². The highest BCUT2D eigenvalue weighted by atomic mass is 79.9. The van der Waals surface area contributed by atoms with Gasteiger partial charge in [-0.25, -0.2) is 0 Å². The molecule has 1 heterocycles. The van der Waals surface area contributed by atoms with Gasteiger partial charge in [0.25, 0.3) is 17.5 Å². The first-order valence-electron chi connectivity index (χ1n) is 5.77. The summed E-state index contributed by atoms with van der Waals surface area (Å²) in [4.78, 5) is 36.5. The first-order valence-corrected chi connectivity index (χ1v) is 6.94. The van der Waals surface area contributed by atoms with Crippen molar-refractivity contribution in [2.24, 2.45) is 0 Å². The predicted octanol–water partition coefficient (Wildman–Crippen LogP) is 2.41. The highest BCUT2D eigenvalue weighted by Gasteiger charge is 2.21. The maximum absolute atomic E-state index is 11.9. The van der Waals surface area contributed by atoms with Crippen LogP contribution in [-0.4, -0.2) is 21.7 Å². The van der Waals surface area contributed by atoms with E-state index in [4.69, 9.17) is 11.6 Å². The van der Waals surface area contributed by atoms with Gasteiger partial charge >= 0.3 is 0 Å². The molecule has 2 aromatic rings. The fourth-order valence-electron chi connectivity index (χ4n) is 1.60. The van der Waals surface area contributed by atoms with Crippen LogP contribution in [0, 0.1) is 10.1 Å². The van der Waals surface area contributed by atoms with Gasteiger partial charge in [-0.1, -0.05) is 11.6 Å². The van der Waals surface area contributed by atoms with Crippen LogP contribution in [0.2, 0.25) is 5.02 Å². The van der Waals surface area contributed by atoms with Crippen LogP contribution in [0.1, 0.15) is 20.8 Å². The van der Waals surface area contributed by atoms with Crippen LogP contribution in [0.4, 0.5) is 5.69 Å². The topological polar surface area (TPSA) is 117 Å². The van der Waals surface area contributed by atoms with Crippen LogP contribution in [0.5, 0.6) is 0 Å². The Morgan fingerprint density at radius 2 is 1.91 bits per heavy atom. The summed E-state index contributed by atoms with van der Waals surface area (Å²) in [5.41, 5.74) is 3.77. The quantitative estimate of drug-likeness (QED) is 0.554. The molecular weight excluding hydrogens is 380 g/mol. The van der Waals surface area contributed by atoms with Gasteiger partial charge in [0, 0.05) is 21.8 Å². The fraction of sp³-hybridized carbons (Fsp3) is 0. The number of hydrogen-bond acceptors (Lipinski definition) is 4. The summed E-state index contributed by atoms with van der Waals surface area (Å²) in [5, 5.41) is 11.0. The normalized spacial score (nSPS) is 10.1. The Morgan fingerprint density at radius 3 is 2.50 bits per heavy atom. The van der Waals surface area contributed by atoms with Crippen molar-refractivity contribution in [2.75, 3.05) is 0 Å². The number of nitro benzene ring substituents is 1. The number of halogens is 2. The van der Waals surface area contributed by atoms with E-state index in [1.165, 1.54) is 18.2 Å². The molecule has 0 unspecified atom stereocenters. The Balaban J connectivity index is 2.10. The van der Waals surface area contributed by atoms with E-state index >= 15 is 0 Å². The van der Waals surface area contributed by atoms with Crippen LogP contribution in [-0.2, 0) is 0 Å². The number of hydrazine groups is 1. The minimum atomic E-state index is -0.831. The average Bonchev–Trinajstić information content (AvgIpc) is 2.91. The number of H-pyrrole nitrogens is 1. The number of aromatic amines is 1. The number of rotatable bonds is 3. The molecule has 2 rings (SSSR count). The predicted molar refractivity (Wildman–Crippen MR) is 81.5 cm³/mol. The second-order valence-electron chi connectivity index (χ2n) is 4.06. The van der Waals surface area contributed by atoms with Crippen molar-refractivity contribution in [1.82, 2.24) is 15.8 Å². The molecule has 1 aromatic heterocycles. The Bertz CT molecular complexity index is 761. The van der Waals surface area contributed by atoms with E-state index in [9.17, 15) is 19.7 Å². The van der Waals surface area contributed by atoms with Gasteiger partial charge in [0.2, 0.25) is 0 Å². The lowest BCUT2D eigenvalue weighted by Crippen LogP contribution is -2.41. The number of nitro groups is 1. The molecule has 22 heavy (non-hydrogen) atoms. The Kier molecular flexibility index (Phi) is 4.78. The van der Waals surface area contributed by atoms with Gasteiger partial charge < -0.3 is 4.98 Å². The lowest BCUT2D eigenvalue weighted by Gasteiger charge is -2.07. The van der Waals surface area contributed by atoms with Crippen LogP contribution in [0.25, 0.3) is 0 Å². The summed E-state index contributed by atoms with van der Waals surface area (Å²) in [5.74, 6) is -1.43. The van der Waals surface area contributed by atoms with Crippen molar-refractivity contribution in [2.45, 2.75) is 0 Å². The molecule has 0 aliphatic heterocycles. The van der Waals surface area contributed by atoms with Crippen molar-refractivity contribution < 1.29 is 14.5 Å². The Morgan fingerprint density at radius 1 is 1.23 bits per heavy atom. The molecular formula is C12H8BrClN4O4. The number of carbonyl (C=O) groups excluding carboxylic acids is 2. The minimum absolute atomic E-state index is 0.128. The van der Waals surface area contributed by atoms with Crippen LogP contribution in [0.15, 0.2) is 34.9 Å².